The number of rotatable bonds is 7. The Morgan fingerprint density at radius 2 is 2.00 bits per heavy atom. The third-order valence-electron chi connectivity index (χ3n) is 2.26. The SMILES string of the molecule is C=CCC(N)C(=O)Nc1ccc(OCC(N)=O)cc1. The molecule has 1 atom stereocenters. The van der Waals surface area contributed by atoms with Gasteiger partial charge in [0.05, 0.1) is 6.04 Å². The van der Waals surface area contributed by atoms with Crippen molar-refractivity contribution in [2.45, 2.75) is 12.5 Å². The molecule has 5 N–H and O–H groups in total. The minimum atomic E-state index is -0.622. The van der Waals surface area contributed by atoms with E-state index < -0.39 is 11.9 Å². The minimum Gasteiger partial charge on any atom is -0.484 e. The molecule has 0 bridgehead atoms. The largest absolute Gasteiger partial charge is 0.484 e. The highest BCUT2D eigenvalue weighted by Gasteiger charge is 2.11. The number of primary amides is 1. The first kappa shape index (κ1) is 14.7. The summed E-state index contributed by atoms with van der Waals surface area (Å²) < 4.78 is 5.09. The van der Waals surface area contributed by atoms with Crippen molar-refractivity contribution in [2.75, 3.05) is 11.9 Å². The number of hydrogen-bond acceptors (Lipinski definition) is 4. The number of nitrogens with one attached hydrogen (secondary N) is 1. The van der Waals surface area contributed by atoms with Crippen molar-refractivity contribution in [1.82, 2.24) is 0 Å². The highest BCUT2D eigenvalue weighted by atomic mass is 16.5. The predicted molar refractivity (Wildman–Crippen MR) is 72.6 cm³/mol. The lowest BCUT2D eigenvalue weighted by Gasteiger charge is -2.11. The lowest BCUT2D eigenvalue weighted by molar-refractivity contribution is -0.120. The lowest BCUT2D eigenvalue weighted by Crippen LogP contribution is -2.35. The normalized spacial score (nSPS) is 11.4. The average Bonchev–Trinajstić information content (AvgIpc) is 2.38. The summed E-state index contributed by atoms with van der Waals surface area (Å²) >= 11 is 0. The molecule has 0 saturated carbocycles. The molecule has 0 aromatic heterocycles. The fraction of sp³-hybridized carbons (Fsp3) is 0.231. The monoisotopic (exact) mass is 263 g/mol. The molecule has 1 aromatic carbocycles. The van der Waals surface area contributed by atoms with Gasteiger partial charge in [-0.25, -0.2) is 0 Å². The molecule has 0 aliphatic heterocycles. The number of amides is 2. The Balaban J connectivity index is 2.54. The maximum Gasteiger partial charge on any atom is 0.255 e. The van der Waals surface area contributed by atoms with E-state index >= 15 is 0 Å². The zero-order valence-electron chi connectivity index (χ0n) is 10.5. The topological polar surface area (TPSA) is 107 Å². The van der Waals surface area contributed by atoms with E-state index in [1.807, 2.05) is 0 Å². The standard InChI is InChI=1S/C13H17N3O3/c1-2-3-11(14)13(18)16-9-4-6-10(7-5-9)19-8-12(15)17/h2,4-7,11H,1,3,8,14H2,(H2,15,17)(H,16,18). The molecule has 0 aliphatic carbocycles. The second-order valence-electron chi connectivity index (χ2n) is 3.90. The number of carbonyl (C=O) groups is 2. The van der Waals surface area contributed by atoms with Gasteiger partial charge in [-0.05, 0) is 30.7 Å². The summed E-state index contributed by atoms with van der Waals surface area (Å²) in [6, 6.07) is 5.92. The number of ether oxygens (including phenoxy) is 1. The predicted octanol–water partition coefficient (Wildman–Crippen LogP) is 0.393. The molecule has 0 saturated heterocycles. The quantitative estimate of drug-likeness (QED) is 0.618. The molecule has 2 amide bonds. The second kappa shape index (κ2) is 7.17. The van der Waals surface area contributed by atoms with Gasteiger partial charge in [-0.3, -0.25) is 9.59 Å². The second-order valence-corrected chi connectivity index (χ2v) is 3.90. The van der Waals surface area contributed by atoms with Gasteiger partial charge in [0.2, 0.25) is 5.91 Å². The van der Waals surface area contributed by atoms with Crippen molar-refractivity contribution in [3.05, 3.63) is 36.9 Å². The fourth-order valence-corrected chi connectivity index (χ4v) is 1.31. The van der Waals surface area contributed by atoms with E-state index in [1.165, 1.54) is 0 Å². The molecular weight excluding hydrogens is 246 g/mol. The van der Waals surface area contributed by atoms with Crippen LogP contribution < -0.4 is 21.5 Å². The van der Waals surface area contributed by atoms with Crippen LogP contribution in [0.1, 0.15) is 6.42 Å². The van der Waals surface area contributed by atoms with Crippen molar-refractivity contribution in [2.24, 2.45) is 11.5 Å². The van der Waals surface area contributed by atoms with Crippen LogP contribution in [-0.4, -0.2) is 24.5 Å². The summed E-state index contributed by atoms with van der Waals surface area (Å²) in [7, 11) is 0. The van der Waals surface area contributed by atoms with E-state index in [1.54, 1.807) is 30.3 Å². The van der Waals surface area contributed by atoms with Gasteiger partial charge in [0.15, 0.2) is 6.61 Å². The summed E-state index contributed by atoms with van der Waals surface area (Å²) in [5.74, 6) is -0.342. The van der Waals surface area contributed by atoms with Gasteiger partial charge in [-0.2, -0.15) is 0 Å². The summed E-state index contributed by atoms with van der Waals surface area (Å²) in [6.07, 6.45) is 2.00. The number of anilines is 1. The van der Waals surface area contributed by atoms with Gasteiger partial charge < -0.3 is 21.5 Å². The number of benzene rings is 1. The average molecular weight is 263 g/mol. The molecule has 0 fully saturated rings. The molecule has 0 radical (unpaired) electrons. The van der Waals surface area contributed by atoms with Crippen molar-refractivity contribution in [3.8, 4) is 5.75 Å². The Morgan fingerprint density at radius 3 is 2.53 bits per heavy atom. The van der Waals surface area contributed by atoms with Crippen molar-refractivity contribution in [1.29, 1.82) is 0 Å². The Kier molecular flexibility index (Phi) is 5.56. The van der Waals surface area contributed by atoms with Gasteiger partial charge in [0.1, 0.15) is 5.75 Å². The van der Waals surface area contributed by atoms with Crippen LogP contribution >= 0.6 is 0 Å². The highest BCUT2D eigenvalue weighted by Crippen LogP contribution is 2.15. The summed E-state index contributed by atoms with van der Waals surface area (Å²) in [4.78, 5) is 22.2. The third-order valence-corrected chi connectivity index (χ3v) is 2.26. The van der Waals surface area contributed by atoms with Gasteiger partial charge in [-0.15, -0.1) is 6.58 Å². The summed E-state index contributed by atoms with van der Waals surface area (Å²) in [6.45, 7) is 3.34. The van der Waals surface area contributed by atoms with E-state index in [-0.39, 0.29) is 12.5 Å². The molecule has 6 heteroatoms. The molecule has 0 spiro atoms. The number of carbonyl (C=O) groups excluding carboxylic acids is 2. The first-order valence-electron chi connectivity index (χ1n) is 5.71. The van der Waals surface area contributed by atoms with E-state index in [2.05, 4.69) is 11.9 Å². The zero-order chi connectivity index (χ0) is 14.3. The first-order valence-corrected chi connectivity index (χ1v) is 5.71. The van der Waals surface area contributed by atoms with E-state index in [0.717, 1.165) is 0 Å². The van der Waals surface area contributed by atoms with Crippen LogP contribution in [0, 0.1) is 0 Å². The molecule has 0 heterocycles. The van der Waals surface area contributed by atoms with Crippen molar-refractivity contribution < 1.29 is 14.3 Å². The molecule has 19 heavy (non-hydrogen) atoms. The molecular formula is C13H17N3O3. The molecule has 1 rings (SSSR count). The van der Waals surface area contributed by atoms with Crippen LogP contribution in [0.5, 0.6) is 5.75 Å². The number of hydrogen-bond donors (Lipinski definition) is 3. The third kappa shape index (κ3) is 5.22. The number of nitrogens with two attached hydrogens (primary N) is 2. The van der Waals surface area contributed by atoms with Crippen LogP contribution in [0.3, 0.4) is 0 Å². The maximum atomic E-state index is 11.6. The van der Waals surface area contributed by atoms with Crippen molar-refractivity contribution in [3.63, 3.8) is 0 Å². The van der Waals surface area contributed by atoms with Crippen LogP contribution in [0.25, 0.3) is 0 Å². The lowest BCUT2D eigenvalue weighted by atomic mass is 10.2. The van der Waals surface area contributed by atoms with E-state index in [9.17, 15) is 9.59 Å². The maximum absolute atomic E-state index is 11.6. The van der Waals surface area contributed by atoms with Crippen molar-refractivity contribution >= 4 is 17.5 Å². The fourth-order valence-electron chi connectivity index (χ4n) is 1.31. The van der Waals surface area contributed by atoms with Gasteiger partial charge in [0, 0.05) is 5.69 Å². The smallest absolute Gasteiger partial charge is 0.255 e. The molecule has 1 unspecified atom stereocenters. The van der Waals surface area contributed by atoms with Crippen LogP contribution in [0.15, 0.2) is 36.9 Å². The van der Waals surface area contributed by atoms with Gasteiger partial charge >= 0.3 is 0 Å². The Morgan fingerprint density at radius 1 is 1.37 bits per heavy atom. The zero-order valence-corrected chi connectivity index (χ0v) is 10.5. The van der Waals surface area contributed by atoms with Gasteiger partial charge in [0.25, 0.3) is 5.91 Å². The van der Waals surface area contributed by atoms with Crippen LogP contribution in [-0.2, 0) is 9.59 Å². The van der Waals surface area contributed by atoms with E-state index in [0.29, 0.717) is 17.9 Å². The Labute approximate surface area is 111 Å². The summed E-state index contributed by atoms with van der Waals surface area (Å²) in [5, 5.41) is 2.66. The Hall–Kier alpha value is -2.34. The summed E-state index contributed by atoms with van der Waals surface area (Å²) in [5.41, 5.74) is 11.2. The molecule has 1 aromatic rings. The van der Waals surface area contributed by atoms with Gasteiger partial charge in [-0.1, -0.05) is 6.08 Å². The highest BCUT2D eigenvalue weighted by molar-refractivity contribution is 5.94. The Bertz CT molecular complexity index is 457. The van der Waals surface area contributed by atoms with Crippen LogP contribution in [0.2, 0.25) is 0 Å². The molecule has 0 aliphatic rings. The first-order chi connectivity index (χ1) is 9.02. The molecule has 102 valence electrons. The molecule has 6 nitrogen and oxygen atoms in total. The van der Waals surface area contributed by atoms with Crippen LogP contribution in [0.4, 0.5) is 5.69 Å². The van der Waals surface area contributed by atoms with E-state index in [4.69, 9.17) is 16.2 Å². The minimum absolute atomic E-state index is 0.185.